The van der Waals surface area contributed by atoms with E-state index in [1.54, 1.807) is 0 Å². The first-order valence-electron chi connectivity index (χ1n) is 20.3. The summed E-state index contributed by atoms with van der Waals surface area (Å²) in [6.45, 7) is 0. The van der Waals surface area contributed by atoms with Crippen molar-refractivity contribution in [2.75, 3.05) is 0 Å². The number of para-hydroxylation sites is 1. The Balaban J connectivity index is 0.983. The third kappa shape index (κ3) is 4.07. The molecule has 8 saturated carbocycles. The molecule has 0 unspecified atom stereocenters. The van der Waals surface area contributed by atoms with Crippen molar-refractivity contribution in [3.63, 3.8) is 0 Å². The standard InChI is InChI=1S/C47H44N4S/c1-3-7-38-35(5-1)36-13-14-40-41(37-6-2-4-8-39(37)52-40)42(36)51(38)34-11-9-33(10-12-34)43-48-44(46-21-27-15-28(22-46)17-29(16-27)23-46)50-45(49-43)47-24-30-18-31(25-47)20-32(19-30)26-47/h1-14,27-32H,15-26H2. The summed E-state index contributed by atoms with van der Waals surface area (Å²) in [6.07, 6.45) is 16.4. The van der Waals surface area contributed by atoms with E-state index in [0.717, 1.165) is 46.9 Å². The van der Waals surface area contributed by atoms with E-state index in [2.05, 4.69) is 89.5 Å². The van der Waals surface area contributed by atoms with Crippen LogP contribution in [0.1, 0.15) is 88.7 Å². The van der Waals surface area contributed by atoms with Crippen LogP contribution >= 0.6 is 11.3 Å². The second-order valence-electron chi connectivity index (χ2n) is 18.5. The third-order valence-corrected chi connectivity index (χ3v) is 16.4. The topological polar surface area (TPSA) is 43.6 Å². The zero-order valence-electron chi connectivity index (χ0n) is 29.7. The van der Waals surface area contributed by atoms with Crippen LogP contribution in [0.4, 0.5) is 0 Å². The molecule has 15 rings (SSSR count). The molecular weight excluding hydrogens is 653 g/mol. The van der Waals surface area contributed by atoms with Gasteiger partial charge in [-0.15, -0.1) is 11.3 Å². The van der Waals surface area contributed by atoms with Crippen LogP contribution in [0.5, 0.6) is 0 Å². The maximum Gasteiger partial charge on any atom is 0.163 e. The average Bonchev–Trinajstić information content (AvgIpc) is 3.70. The minimum absolute atomic E-state index is 0.154. The molecule has 3 heterocycles. The molecule has 4 nitrogen and oxygen atoms in total. The van der Waals surface area contributed by atoms with Gasteiger partial charge in [-0.1, -0.05) is 42.5 Å². The van der Waals surface area contributed by atoms with Crippen molar-refractivity contribution in [2.45, 2.75) is 87.9 Å². The second-order valence-corrected chi connectivity index (χ2v) is 19.6. The monoisotopic (exact) mass is 696 g/mol. The highest BCUT2D eigenvalue weighted by Gasteiger charge is 2.56. The number of rotatable bonds is 4. The van der Waals surface area contributed by atoms with Crippen LogP contribution in [0.2, 0.25) is 0 Å². The molecule has 258 valence electrons. The smallest absolute Gasteiger partial charge is 0.163 e. The van der Waals surface area contributed by atoms with Crippen molar-refractivity contribution < 1.29 is 0 Å². The molecule has 0 aliphatic heterocycles. The van der Waals surface area contributed by atoms with Crippen LogP contribution in [0.25, 0.3) is 59.1 Å². The van der Waals surface area contributed by atoms with E-state index in [1.807, 2.05) is 11.3 Å². The molecule has 4 aromatic carbocycles. The van der Waals surface area contributed by atoms with Gasteiger partial charge in [0.25, 0.3) is 0 Å². The molecule has 0 N–H and O–H groups in total. The van der Waals surface area contributed by atoms with Gasteiger partial charge in [0.15, 0.2) is 5.82 Å². The lowest BCUT2D eigenvalue weighted by Crippen LogP contribution is -2.51. The minimum Gasteiger partial charge on any atom is -0.309 e. The van der Waals surface area contributed by atoms with Gasteiger partial charge in [0, 0.05) is 53.0 Å². The first-order valence-corrected chi connectivity index (χ1v) is 21.1. The van der Waals surface area contributed by atoms with Gasteiger partial charge < -0.3 is 4.57 Å². The Labute approximate surface area is 308 Å². The summed E-state index contributed by atoms with van der Waals surface area (Å²) in [5, 5.41) is 5.31. The van der Waals surface area contributed by atoms with E-state index in [9.17, 15) is 0 Å². The highest BCUT2D eigenvalue weighted by atomic mass is 32.1. The Morgan fingerprint density at radius 1 is 0.500 bits per heavy atom. The predicted molar refractivity (Wildman–Crippen MR) is 212 cm³/mol. The third-order valence-electron chi connectivity index (χ3n) is 15.2. The van der Waals surface area contributed by atoms with Crippen LogP contribution < -0.4 is 0 Å². The van der Waals surface area contributed by atoms with Crippen molar-refractivity contribution in [3.05, 3.63) is 96.6 Å². The number of fused-ring (bicyclic) bond motifs is 7. The van der Waals surface area contributed by atoms with E-state index in [1.165, 1.54) is 136 Å². The lowest BCUT2D eigenvalue weighted by atomic mass is 9.49. The summed E-state index contributed by atoms with van der Waals surface area (Å²) < 4.78 is 5.19. The average molecular weight is 697 g/mol. The van der Waals surface area contributed by atoms with Crippen LogP contribution in [0.15, 0.2) is 84.9 Å². The van der Waals surface area contributed by atoms with Crippen molar-refractivity contribution in [2.24, 2.45) is 35.5 Å². The maximum absolute atomic E-state index is 5.69. The normalized spacial score (nSPS) is 33.0. The first-order chi connectivity index (χ1) is 25.6. The summed E-state index contributed by atoms with van der Waals surface area (Å²) >= 11 is 1.90. The van der Waals surface area contributed by atoms with E-state index < -0.39 is 0 Å². The lowest BCUT2D eigenvalue weighted by molar-refractivity contribution is -0.0155. The zero-order valence-corrected chi connectivity index (χ0v) is 30.5. The fourth-order valence-electron chi connectivity index (χ4n) is 14.0. The van der Waals surface area contributed by atoms with Gasteiger partial charge in [0.05, 0.1) is 11.0 Å². The molecule has 0 amide bonds. The molecule has 0 saturated heterocycles. The SMILES string of the molecule is c1ccc2c(c1)sc1ccc3c4ccccc4n(-c4ccc(-c5nc(C67CC8CC(CC(C8)C6)C7)nc(C67CC8CC(CC(C8)C6)C7)n5)cc4)c3c12. The maximum atomic E-state index is 5.69. The van der Waals surface area contributed by atoms with Gasteiger partial charge in [-0.25, -0.2) is 15.0 Å². The Kier molecular flexibility index (Phi) is 5.83. The van der Waals surface area contributed by atoms with E-state index >= 15 is 0 Å². The predicted octanol–water partition coefficient (Wildman–Crippen LogP) is 11.9. The largest absolute Gasteiger partial charge is 0.309 e. The van der Waals surface area contributed by atoms with E-state index in [0.29, 0.717) is 0 Å². The molecule has 0 radical (unpaired) electrons. The molecule has 8 aliphatic rings. The number of thiophene rings is 1. The van der Waals surface area contributed by atoms with E-state index in [4.69, 9.17) is 15.0 Å². The minimum atomic E-state index is 0.154. The van der Waals surface area contributed by atoms with Crippen molar-refractivity contribution in [1.29, 1.82) is 0 Å². The molecule has 3 aromatic heterocycles. The summed E-state index contributed by atoms with van der Waals surface area (Å²) in [5.41, 5.74) is 5.19. The van der Waals surface area contributed by atoms with Gasteiger partial charge in [0.2, 0.25) is 0 Å². The van der Waals surface area contributed by atoms with Gasteiger partial charge in [0.1, 0.15) is 11.6 Å². The second kappa shape index (κ2) is 10.3. The van der Waals surface area contributed by atoms with Crippen LogP contribution in [0, 0.1) is 35.5 Å². The number of hydrogen-bond donors (Lipinski definition) is 0. The first kappa shape index (κ1) is 29.4. The Bertz CT molecular complexity index is 2480. The summed E-state index contributed by atoms with van der Waals surface area (Å²) in [5.74, 6) is 8.46. The van der Waals surface area contributed by atoms with Gasteiger partial charge in [-0.3, -0.25) is 0 Å². The molecule has 5 heteroatoms. The van der Waals surface area contributed by atoms with Crippen LogP contribution in [0.3, 0.4) is 0 Å². The van der Waals surface area contributed by atoms with Crippen molar-refractivity contribution >= 4 is 53.3 Å². The highest BCUT2D eigenvalue weighted by molar-refractivity contribution is 7.26. The van der Waals surface area contributed by atoms with Crippen molar-refractivity contribution in [3.8, 4) is 17.1 Å². The van der Waals surface area contributed by atoms with E-state index in [-0.39, 0.29) is 10.8 Å². The van der Waals surface area contributed by atoms with Crippen molar-refractivity contribution in [1.82, 2.24) is 19.5 Å². The fourth-order valence-corrected chi connectivity index (χ4v) is 15.1. The molecule has 8 bridgehead atoms. The number of aromatic nitrogens is 4. The van der Waals surface area contributed by atoms with Gasteiger partial charge in [-0.2, -0.15) is 0 Å². The highest BCUT2D eigenvalue weighted by Crippen LogP contribution is 2.62. The molecule has 8 fully saturated rings. The van der Waals surface area contributed by atoms with Gasteiger partial charge >= 0.3 is 0 Å². The lowest BCUT2D eigenvalue weighted by Gasteiger charge is -2.57. The number of benzene rings is 4. The molecule has 0 atom stereocenters. The fraction of sp³-hybridized carbons (Fsp3) is 0.426. The Hall–Kier alpha value is -4.09. The number of hydrogen-bond acceptors (Lipinski definition) is 4. The van der Waals surface area contributed by atoms with Crippen LogP contribution in [-0.4, -0.2) is 19.5 Å². The quantitative estimate of drug-likeness (QED) is 0.184. The molecular formula is C47H44N4S. The zero-order chi connectivity index (χ0) is 33.8. The molecule has 52 heavy (non-hydrogen) atoms. The molecule has 0 spiro atoms. The molecule has 7 aromatic rings. The van der Waals surface area contributed by atoms with Gasteiger partial charge in [-0.05, 0) is 155 Å². The Morgan fingerprint density at radius 2 is 1.04 bits per heavy atom. The summed E-state index contributed by atoms with van der Waals surface area (Å²) in [4.78, 5) is 16.8. The van der Waals surface area contributed by atoms with Crippen LogP contribution in [-0.2, 0) is 10.8 Å². The number of nitrogens with zero attached hydrogens (tertiary/aromatic N) is 4. The summed E-state index contributed by atoms with van der Waals surface area (Å²) in [7, 11) is 0. The summed E-state index contributed by atoms with van der Waals surface area (Å²) in [6, 6.07) is 31.7. The Morgan fingerprint density at radius 3 is 1.63 bits per heavy atom. The molecule has 8 aliphatic carbocycles.